The Hall–Kier alpha value is -1.80. The van der Waals surface area contributed by atoms with E-state index in [-0.39, 0.29) is 29.3 Å². The minimum absolute atomic E-state index is 0.0603. The van der Waals surface area contributed by atoms with Gasteiger partial charge in [0, 0.05) is 12.3 Å². The van der Waals surface area contributed by atoms with Crippen LogP contribution in [0, 0.1) is 5.92 Å². The number of fused-ring (bicyclic) bond motifs is 1. The fourth-order valence-electron chi connectivity index (χ4n) is 4.09. The maximum absolute atomic E-state index is 12.4. The number of aliphatic hydroxyl groups is 2. The van der Waals surface area contributed by atoms with Gasteiger partial charge in [0.25, 0.3) is 0 Å². The largest absolute Gasteiger partial charge is 0.468 e. The molecule has 1 unspecified atom stereocenters. The van der Waals surface area contributed by atoms with Gasteiger partial charge in [-0.25, -0.2) is 0 Å². The summed E-state index contributed by atoms with van der Waals surface area (Å²) in [7, 11) is 1.38. The summed E-state index contributed by atoms with van der Waals surface area (Å²) in [5, 5.41) is 23.5. The average molecular weight is 503 g/mol. The van der Waals surface area contributed by atoms with Crippen LogP contribution in [0.2, 0.25) is 0 Å². The van der Waals surface area contributed by atoms with Crippen molar-refractivity contribution in [3.8, 4) is 0 Å². The van der Waals surface area contributed by atoms with Crippen molar-refractivity contribution in [2.75, 3.05) is 24.4 Å². The van der Waals surface area contributed by atoms with E-state index in [4.69, 9.17) is 0 Å². The molecule has 0 aliphatic heterocycles. The lowest BCUT2D eigenvalue weighted by atomic mass is 9.93. The summed E-state index contributed by atoms with van der Waals surface area (Å²) < 4.78 is 4.63. The minimum Gasteiger partial charge on any atom is -0.468 e. The predicted octanol–water partition coefficient (Wildman–Crippen LogP) is 4.43. The summed E-state index contributed by atoms with van der Waals surface area (Å²) in [6.45, 7) is 1.77. The van der Waals surface area contributed by atoms with Crippen LogP contribution in [-0.4, -0.2) is 63.3 Å². The Labute approximate surface area is 210 Å². The molecule has 0 bridgehead atoms. The molecule has 1 fully saturated rings. The smallest absolute Gasteiger partial charge is 0.315 e. The van der Waals surface area contributed by atoms with E-state index < -0.39 is 11.7 Å². The second-order valence-corrected chi connectivity index (χ2v) is 11.3. The number of ketones is 1. The van der Waals surface area contributed by atoms with Gasteiger partial charge in [-0.05, 0) is 54.0 Å². The van der Waals surface area contributed by atoms with E-state index in [0.29, 0.717) is 12.2 Å². The zero-order valence-corrected chi connectivity index (χ0v) is 21.4. The molecule has 34 heavy (non-hydrogen) atoms. The van der Waals surface area contributed by atoms with Crippen LogP contribution in [-0.2, 0) is 20.7 Å². The maximum atomic E-state index is 12.4. The number of aryl methyl sites for hydroxylation is 1. The number of aliphatic hydroxyl groups excluding tert-OH is 1. The number of carbonyl (C=O) groups is 2. The Morgan fingerprint density at radius 3 is 2.74 bits per heavy atom. The summed E-state index contributed by atoms with van der Waals surface area (Å²) >= 11 is 3.08. The second-order valence-electron chi connectivity index (χ2n) is 8.99. The fraction of sp³-hybridized carbons (Fsp3) is 0.481. The molecule has 5 nitrogen and oxygen atoms in total. The highest BCUT2D eigenvalue weighted by Gasteiger charge is 2.40. The van der Waals surface area contributed by atoms with Crippen molar-refractivity contribution < 1.29 is 24.5 Å². The molecular formula is C27H34O5S2. The number of rotatable bonds is 12. The van der Waals surface area contributed by atoms with Crippen LogP contribution in [0.15, 0.2) is 54.6 Å². The first-order valence-corrected chi connectivity index (χ1v) is 13.9. The maximum Gasteiger partial charge on any atom is 0.315 e. The third-order valence-electron chi connectivity index (χ3n) is 6.11. The van der Waals surface area contributed by atoms with Gasteiger partial charge >= 0.3 is 5.97 Å². The van der Waals surface area contributed by atoms with Crippen LogP contribution < -0.4 is 0 Å². The lowest BCUT2D eigenvalue weighted by Gasteiger charge is -2.22. The van der Waals surface area contributed by atoms with E-state index in [1.165, 1.54) is 35.2 Å². The molecule has 7 heteroatoms. The molecule has 0 aromatic heterocycles. The number of thioether (sulfide) groups is 2. The van der Waals surface area contributed by atoms with Crippen molar-refractivity contribution in [1.82, 2.24) is 0 Å². The van der Waals surface area contributed by atoms with E-state index >= 15 is 0 Å². The number of methoxy groups -OCH3 is 1. The number of carbonyl (C=O) groups excluding carboxylic acids is 2. The first-order valence-electron chi connectivity index (χ1n) is 11.7. The molecule has 1 aliphatic carbocycles. The number of hydrogen-bond donors (Lipinski definition) is 2. The van der Waals surface area contributed by atoms with Gasteiger partial charge in [-0.15, -0.1) is 11.8 Å². The minimum atomic E-state index is -1.03. The van der Waals surface area contributed by atoms with Crippen molar-refractivity contribution in [2.45, 2.75) is 49.6 Å². The van der Waals surface area contributed by atoms with Gasteiger partial charge in [0.15, 0.2) is 0 Å². The highest BCUT2D eigenvalue weighted by Crippen LogP contribution is 2.35. The molecule has 0 radical (unpaired) electrons. The average Bonchev–Trinajstić information content (AvgIpc) is 3.10. The Bertz CT molecular complexity index is 1000. The molecule has 2 N–H and O–H groups in total. The zero-order valence-electron chi connectivity index (χ0n) is 19.8. The molecule has 184 valence electrons. The van der Waals surface area contributed by atoms with Crippen molar-refractivity contribution in [1.29, 1.82) is 0 Å². The summed E-state index contributed by atoms with van der Waals surface area (Å²) in [6.07, 6.45) is 5.17. The van der Waals surface area contributed by atoms with Crippen LogP contribution >= 0.6 is 23.5 Å². The number of ether oxygens (including phenoxy) is 1. The van der Waals surface area contributed by atoms with Gasteiger partial charge < -0.3 is 14.9 Å². The molecule has 2 aromatic carbocycles. The Balaban J connectivity index is 1.51. The third kappa shape index (κ3) is 7.87. The summed E-state index contributed by atoms with van der Waals surface area (Å²) in [6, 6.07) is 14.6. The first-order chi connectivity index (χ1) is 16.3. The summed E-state index contributed by atoms with van der Waals surface area (Å²) in [4.78, 5) is 23.6. The lowest BCUT2D eigenvalue weighted by Crippen LogP contribution is -2.25. The Morgan fingerprint density at radius 1 is 1.21 bits per heavy atom. The number of hydrogen-bond acceptors (Lipinski definition) is 7. The normalized spacial score (nSPS) is 22.4. The molecule has 3 rings (SSSR count). The number of esters is 1. The quantitative estimate of drug-likeness (QED) is 0.252. The van der Waals surface area contributed by atoms with Gasteiger partial charge in [0.1, 0.15) is 5.78 Å². The van der Waals surface area contributed by atoms with E-state index in [0.717, 1.165) is 24.3 Å². The van der Waals surface area contributed by atoms with E-state index in [1.54, 1.807) is 24.8 Å². The van der Waals surface area contributed by atoms with Gasteiger partial charge in [-0.3, -0.25) is 9.59 Å². The third-order valence-corrected chi connectivity index (χ3v) is 8.59. The zero-order chi connectivity index (χ0) is 24.6. The lowest BCUT2D eigenvalue weighted by molar-refractivity contribution is -0.137. The fourth-order valence-corrected chi connectivity index (χ4v) is 6.39. The van der Waals surface area contributed by atoms with E-state index in [2.05, 4.69) is 35.1 Å². The van der Waals surface area contributed by atoms with Gasteiger partial charge in [-0.2, -0.15) is 11.8 Å². The van der Waals surface area contributed by atoms with E-state index in [1.807, 2.05) is 18.2 Å². The van der Waals surface area contributed by atoms with Crippen molar-refractivity contribution in [3.05, 3.63) is 60.2 Å². The van der Waals surface area contributed by atoms with Crippen molar-refractivity contribution >= 4 is 46.0 Å². The molecule has 0 saturated heterocycles. The Morgan fingerprint density at radius 2 is 1.97 bits per heavy atom. The van der Waals surface area contributed by atoms with Crippen LogP contribution in [0.1, 0.15) is 31.7 Å². The monoisotopic (exact) mass is 502 g/mol. The van der Waals surface area contributed by atoms with Crippen LogP contribution in [0.5, 0.6) is 0 Å². The number of benzene rings is 2. The van der Waals surface area contributed by atoms with Crippen molar-refractivity contribution in [2.24, 2.45) is 5.92 Å². The SMILES string of the molecule is COC(=O)CSCCCS[C@H]1C(=O)C[C@@H](O)[C@@H]1/C=C/C(C)(O)CCc1ccc2ccccc2c1. The first kappa shape index (κ1) is 26.8. The standard InChI is InChI=1S/C27H34O5S2/c1-27(31,12-10-19-8-9-20-6-3-4-7-21(20)16-19)13-11-22-23(28)17-24(29)26(22)34-15-5-14-33-18-25(30)32-2/h3-4,6-9,11,13,16,22-23,26,28,31H,5,10,12,14-15,17-18H2,1-2H3/b13-11+/t22-,23+,26+,27?/m0/s1. The number of Topliss-reactive ketones (excluding diaryl/α,β-unsaturated/α-hetero) is 1. The second kappa shape index (κ2) is 12.8. The molecule has 0 heterocycles. The Kier molecular flexibility index (Phi) is 10.1. The highest BCUT2D eigenvalue weighted by molar-refractivity contribution is 8.01. The van der Waals surface area contributed by atoms with Gasteiger partial charge in [0.2, 0.25) is 0 Å². The topological polar surface area (TPSA) is 83.8 Å². The van der Waals surface area contributed by atoms with Gasteiger partial charge in [-0.1, -0.05) is 54.6 Å². The predicted molar refractivity (Wildman–Crippen MR) is 141 cm³/mol. The van der Waals surface area contributed by atoms with E-state index in [9.17, 15) is 19.8 Å². The molecular weight excluding hydrogens is 468 g/mol. The van der Waals surface area contributed by atoms with Gasteiger partial charge in [0.05, 0.1) is 29.8 Å². The highest BCUT2D eigenvalue weighted by atomic mass is 32.2. The molecule has 0 amide bonds. The molecule has 1 aliphatic rings. The molecule has 4 atom stereocenters. The molecule has 1 saturated carbocycles. The molecule has 2 aromatic rings. The summed E-state index contributed by atoms with van der Waals surface area (Å²) in [5.74, 6) is 1.46. The summed E-state index contributed by atoms with van der Waals surface area (Å²) in [5.41, 5.74) is 0.137. The van der Waals surface area contributed by atoms with Crippen LogP contribution in [0.3, 0.4) is 0 Å². The van der Waals surface area contributed by atoms with Crippen molar-refractivity contribution in [3.63, 3.8) is 0 Å². The van der Waals surface area contributed by atoms with Crippen LogP contribution in [0.25, 0.3) is 10.8 Å². The van der Waals surface area contributed by atoms with Crippen LogP contribution in [0.4, 0.5) is 0 Å². The molecule has 0 spiro atoms.